The largest absolute Gasteiger partial charge is 0.394 e. The molecule has 0 radical (unpaired) electrons. The quantitative estimate of drug-likeness (QED) is 0.663. The highest BCUT2D eigenvalue weighted by Gasteiger charge is 2.59. The fraction of sp³-hybridized carbons (Fsp3) is 1.00. The van der Waals surface area contributed by atoms with Gasteiger partial charge in [-0.3, -0.25) is 4.90 Å². The first-order valence-electron chi connectivity index (χ1n) is 4.89. The van der Waals surface area contributed by atoms with Crippen LogP contribution in [-0.4, -0.2) is 47.4 Å². The van der Waals surface area contributed by atoms with E-state index >= 15 is 0 Å². The number of methoxy groups -OCH3 is 1. The Balaban J connectivity index is 2.63. The van der Waals surface area contributed by atoms with Crippen molar-refractivity contribution in [3.05, 3.63) is 0 Å². The molecule has 0 aromatic carbocycles. The minimum Gasteiger partial charge on any atom is -0.394 e. The molecule has 0 bridgehead atoms. The summed E-state index contributed by atoms with van der Waals surface area (Å²) in [6.45, 7) is 8.84. The number of ether oxygens (including phenoxy) is 1. The van der Waals surface area contributed by atoms with Gasteiger partial charge in [0.1, 0.15) is 0 Å². The van der Waals surface area contributed by atoms with Gasteiger partial charge in [0.05, 0.1) is 18.8 Å². The van der Waals surface area contributed by atoms with Crippen LogP contribution in [0.25, 0.3) is 0 Å². The molecular weight excluding hydrogens is 166 g/mol. The highest BCUT2D eigenvalue weighted by atomic mass is 16.5. The van der Waals surface area contributed by atoms with Crippen molar-refractivity contribution >= 4 is 0 Å². The van der Waals surface area contributed by atoms with Gasteiger partial charge in [-0.15, -0.1) is 0 Å². The topological polar surface area (TPSA) is 32.5 Å². The van der Waals surface area contributed by atoms with Gasteiger partial charge in [0, 0.05) is 18.7 Å². The van der Waals surface area contributed by atoms with Crippen LogP contribution in [0.4, 0.5) is 0 Å². The molecule has 0 aromatic rings. The van der Waals surface area contributed by atoms with Crippen molar-refractivity contribution in [3.63, 3.8) is 0 Å². The summed E-state index contributed by atoms with van der Waals surface area (Å²) in [5, 5.41) is 9.12. The summed E-state index contributed by atoms with van der Waals surface area (Å²) in [7, 11) is 1.66. The SMILES string of the molecule is CO[C@H](CO)[C@@H]1N(C(C)C)C1(C)C. The summed E-state index contributed by atoms with van der Waals surface area (Å²) in [5.74, 6) is 0. The zero-order chi connectivity index (χ0) is 10.2. The molecule has 3 nitrogen and oxygen atoms in total. The van der Waals surface area contributed by atoms with E-state index in [1.807, 2.05) is 0 Å². The van der Waals surface area contributed by atoms with Gasteiger partial charge in [0.25, 0.3) is 0 Å². The third-order valence-corrected chi connectivity index (χ3v) is 3.01. The lowest BCUT2D eigenvalue weighted by Crippen LogP contribution is -2.28. The zero-order valence-electron chi connectivity index (χ0n) is 9.24. The molecule has 3 atom stereocenters. The van der Waals surface area contributed by atoms with E-state index in [4.69, 9.17) is 9.84 Å². The second kappa shape index (κ2) is 3.56. The molecule has 78 valence electrons. The van der Waals surface area contributed by atoms with E-state index < -0.39 is 0 Å². The molecule has 1 aliphatic rings. The van der Waals surface area contributed by atoms with E-state index in [-0.39, 0.29) is 18.2 Å². The van der Waals surface area contributed by atoms with E-state index in [0.29, 0.717) is 12.1 Å². The van der Waals surface area contributed by atoms with Crippen LogP contribution in [0.15, 0.2) is 0 Å². The first-order chi connectivity index (χ1) is 5.96. The first kappa shape index (κ1) is 11.0. The lowest BCUT2D eigenvalue weighted by Gasteiger charge is -2.13. The Morgan fingerprint density at radius 2 is 2.00 bits per heavy atom. The molecule has 1 rings (SSSR count). The van der Waals surface area contributed by atoms with E-state index in [1.165, 1.54) is 0 Å². The van der Waals surface area contributed by atoms with Crippen molar-refractivity contribution in [1.82, 2.24) is 4.90 Å². The molecule has 13 heavy (non-hydrogen) atoms. The van der Waals surface area contributed by atoms with Gasteiger partial charge >= 0.3 is 0 Å². The Morgan fingerprint density at radius 3 is 2.23 bits per heavy atom. The number of nitrogens with zero attached hydrogens (tertiary/aromatic N) is 1. The Kier molecular flexibility index (Phi) is 3.00. The molecule has 1 fully saturated rings. The highest BCUT2D eigenvalue weighted by Crippen LogP contribution is 2.44. The number of aliphatic hydroxyl groups is 1. The van der Waals surface area contributed by atoms with Crippen LogP contribution in [0, 0.1) is 0 Å². The number of aliphatic hydroxyl groups excluding tert-OH is 1. The summed E-state index contributed by atoms with van der Waals surface area (Å²) >= 11 is 0. The summed E-state index contributed by atoms with van der Waals surface area (Å²) < 4.78 is 5.25. The predicted octanol–water partition coefficient (Wildman–Crippen LogP) is 0.865. The van der Waals surface area contributed by atoms with E-state index in [1.54, 1.807) is 7.11 Å². The second-order valence-electron chi connectivity index (χ2n) is 4.56. The van der Waals surface area contributed by atoms with Gasteiger partial charge in [0.15, 0.2) is 0 Å². The molecule has 0 aromatic heterocycles. The van der Waals surface area contributed by atoms with Crippen molar-refractivity contribution in [2.24, 2.45) is 0 Å². The monoisotopic (exact) mass is 187 g/mol. The maximum absolute atomic E-state index is 9.12. The van der Waals surface area contributed by atoms with Crippen LogP contribution in [0.5, 0.6) is 0 Å². The van der Waals surface area contributed by atoms with E-state index in [2.05, 4.69) is 32.6 Å². The lowest BCUT2D eigenvalue weighted by atomic mass is 10.1. The van der Waals surface area contributed by atoms with Gasteiger partial charge in [0.2, 0.25) is 0 Å². The average molecular weight is 187 g/mol. The van der Waals surface area contributed by atoms with Gasteiger partial charge in [-0.05, 0) is 27.7 Å². The van der Waals surface area contributed by atoms with Crippen molar-refractivity contribution in [3.8, 4) is 0 Å². The first-order valence-corrected chi connectivity index (χ1v) is 4.89. The van der Waals surface area contributed by atoms with Crippen LogP contribution in [0.1, 0.15) is 27.7 Å². The third-order valence-electron chi connectivity index (χ3n) is 3.01. The Morgan fingerprint density at radius 1 is 1.46 bits per heavy atom. The maximum Gasteiger partial charge on any atom is 0.0974 e. The van der Waals surface area contributed by atoms with Crippen LogP contribution >= 0.6 is 0 Å². The van der Waals surface area contributed by atoms with Gasteiger partial charge < -0.3 is 9.84 Å². The fourth-order valence-corrected chi connectivity index (χ4v) is 2.47. The predicted molar refractivity (Wildman–Crippen MR) is 52.7 cm³/mol. The molecular formula is C10H21NO2. The number of hydrogen-bond acceptors (Lipinski definition) is 3. The minimum absolute atomic E-state index is 0.0441. The number of hydrogen-bond donors (Lipinski definition) is 1. The summed E-state index contributed by atoms with van der Waals surface area (Å²) in [5.41, 5.74) is 0.178. The van der Waals surface area contributed by atoms with Crippen LogP contribution in [0.3, 0.4) is 0 Å². The summed E-state index contributed by atoms with van der Waals surface area (Å²) in [6.07, 6.45) is -0.0441. The van der Waals surface area contributed by atoms with Gasteiger partial charge in [-0.1, -0.05) is 0 Å². The maximum atomic E-state index is 9.12. The van der Waals surface area contributed by atoms with Crippen molar-refractivity contribution in [2.75, 3.05) is 13.7 Å². The molecule has 1 unspecified atom stereocenters. The van der Waals surface area contributed by atoms with Crippen LogP contribution < -0.4 is 0 Å². The molecule has 1 aliphatic heterocycles. The van der Waals surface area contributed by atoms with Gasteiger partial charge in [-0.25, -0.2) is 0 Å². The molecule has 0 amide bonds. The summed E-state index contributed by atoms with van der Waals surface area (Å²) in [4.78, 5) is 2.37. The van der Waals surface area contributed by atoms with E-state index in [0.717, 1.165) is 0 Å². The Bertz CT molecular complexity index is 176. The van der Waals surface area contributed by atoms with Crippen molar-refractivity contribution in [1.29, 1.82) is 0 Å². The van der Waals surface area contributed by atoms with Crippen LogP contribution in [-0.2, 0) is 4.74 Å². The normalized spacial score (nSPS) is 33.5. The zero-order valence-corrected chi connectivity index (χ0v) is 9.24. The highest BCUT2D eigenvalue weighted by molar-refractivity contribution is 5.15. The lowest BCUT2D eigenvalue weighted by molar-refractivity contribution is 0.0367. The smallest absolute Gasteiger partial charge is 0.0974 e. The standard InChI is InChI=1S/C10H21NO2/c1-7(2)11-9(10(11,3)4)8(6-12)13-5/h7-9,12H,6H2,1-5H3/t8-,9+,11?/m1/s1. The molecule has 1 heterocycles. The fourth-order valence-electron chi connectivity index (χ4n) is 2.47. The molecule has 0 spiro atoms. The Labute approximate surface area is 80.7 Å². The molecule has 1 N–H and O–H groups in total. The second-order valence-corrected chi connectivity index (χ2v) is 4.56. The van der Waals surface area contributed by atoms with E-state index in [9.17, 15) is 0 Å². The van der Waals surface area contributed by atoms with Crippen molar-refractivity contribution in [2.45, 2.75) is 51.4 Å². The molecule has 0 aliphatic carbocycles. The summed E-state index contributed by atoms with van der Waals surface area (Å²) in [6, 6.07) is 0.881. The molecule has 1 saturated heterocycles. The minimum atomic E-state index is -0.0441. The Hall–Kier alpha value is -0.120. The number of rotatable bonds is 4. The third kappa shape index (κ3) is 1.73. The van der Waals surface area contributed by atoms with Crippen LogP contribution in [0.2, 0.25) is 0 Å². The molecule has 0 saturated carbocycles. The van der Waals surface area contributed by atoms with Gasteiger partial charge in [-0.2, -0.15) is 0 Å². The van der Waals surface area contributed by atoms with Crippen molar-refractivity contribution < 1.29 is 9.84 Å². The molecule has 3 heteroatoms. The average Bonchev–Trinajstić information content (AvgIpc) is 2.57.